The number of alkyl halides is 3. The highest BCUT2D eigenvalue weighted by Gasteiger charge is 2.30. The summed E-state index contributed by atoms with van der Waals surface area (Å²) in [6, 6.07) is 10.1. The predicted molar refractivity (Wildman–Crippen MR) is 93.8 cm³/mol. The van der Waals surface area contributed by atoms with Crippen molar-refractivity contribution in [2.24, 2.45) is 0 Å². The molecule has 0 radical (unpaired) electrons. The van der Waals surface area contributed by atoms with Crippen LogP contribution in [0.2, 0.25) is 5.02 Å². The Balaban J connectivity index is 1.77. The van der Waals surface area contributed by atoms with Crippen molar-refractivity contribution in [3.63, 3.8) is 0 Å². The third-order valence-electron chi connectivity index (χ3n) is 3.42. The summed E-state index contributed by atoms with van der Waals surface area (Å²) < 4.78 is 42.9. The van der Waals surface area contributed by atoms with Gasteiger partial charge in [0.05, 0.1) is 23.4 Å². The normalized spacial score (nSPS) is 11.4. The van der Waals surface area contributed by atoms with Crippen LogP contribution in [0.1, 0.15) is 5.56 Å². The molecule has 8 heteroatoms. The monoisotopic (exact) mass is 384 g/mol. The molecule has 0 aliphatic carbocycles. The molecule has 2 aromatic carbocycles. The molecule has 0 aliphatic rings. The quantitative estimate of drug-likeness (QED) is 0.578. The topological polar surface area (TPSA) is 34.1 Å². The molecule has 0 fully saturated rings. The highest BCUT2D eigenvalue weighted by Crippen LogP contribution is 2.33. The molecule has 1 aromatic heterocycles. The highest BCUT2D eigenvalue weighted by atomic mass is 35.5. The second-order valence-electron chi connectivity index (χ2n) is 5.09. The number of aromatic nitrogens is 1. The van der Waals surface area contributed by atoms with Crippen LogP contribution >= 0.6 is 22.9 Å². The molecule has 0 bridgehead atoms. The van der Waals surface area contributed by atoms with Crippen LogP contribution in [0.25, 0.3) is 11.3 Å². The summed E-state index contributed by atoms with van der Waals surface area (Å²) in [4.78, 5) is 4.39. The van der Waals surface area contributed by atoms with Gasteiger partial charge < -0.3 is 10.1 Å². The highest BCUT2D eigenvalue weighted by molar-refractivity contribution is 7.14. The van der Waals surface area contributed by atoms with E-state index in [2.05, 4.69) is 10.3 Å². The van der Waals surface area contributed by atoms with E-state index in [1.165, 1.54) is 30.6 Å². The molecule has 3 aromatic rings. The molecule has 0 aliphatic heterocycles. The molecule has 0 saturated heterocycles. The maximum Gasteiger partial charge on any atom is 0.416 e. The molecule has 3 rings (SSSR count). The van der Waals surface area contributed by atoms with Crippen LogP contribution in [-0.4, -0.2) is 12.1 Å². The Hall–Kier alpha value is -2.25. The molecule has 0 amide bonds. The fourth-order valence-corrected chi connectivity index (χ4v) is 3.16. The Kier molecular flexibility index (Phi) is 4.87. The number of benzene rings is 2. The van der Waals surface area contributed by atoms with E-state index >= 15 is 0 Å². The zero-order valence-corrected chi connectivity index (χ0v) is 14.5. The number of ether oxygens (including phenoxy) is 1. The van der Waals surface area contributed by atoms with Gasteiger partial charge in [-0.1, -0.05) is 23.7 Å². The van der Waals surface area contributed by atoms with Crippen LogP contribution in [0.3, 0.4) is 0 Å². The van der Waals surface area contributed by atoms with Crippen molar-refractivity contribution < 1.29 is 17.9 Å². The average molecular weight is 385 g/mol. The summed E-state index contributed by atoms with van der Waals surface area (Å²) in [7, 11) is 1.53. The van der Waals surface area contributed by atoms with E-state index in [0.29, 0.717) is 27.2 Å². The molecule has 0 unspecified atom stereocenters. The molecule has 1 N–H and O–H groups in total. The number of thiazole rings is 1. The van der Waals surface area contributed by atoms with Crippen molar-refractivity contribution in [3.05, 3.63) is 58.4 Å². The van der Waals surface area contributed by atoms with Crippen LogP contribution in [-0.2, 0) is 6.18 Å². The first kappa shape index (κ1) is 17.6. The second kappa shape index (κ2) is 6.93. The van der Waals surface area contributed by atoms with E-state index in [0.717, 1.165) is 17.8 Å². The summed E-state index contributed by atoms with van der Waals surface area (Å²) in [5.74, 6) is 0.566. The van der Waals surface area contributed by atoms with Gasteiger partial charge in [-0.3, -0.25) is 0 Å². The van der Waals surface area contributed by atoms with E-state index in [-0.39, 0.29) is 0 Å². The molecule has 1 heterocycles. The third-order valence-corrected chi connectivity index (χ3v) is 4.47. The zero-order chi connectivity index (χ0) is 18.0. The number of nitrogens with zero attached hydrogens (tertiary/aromatic N) is 1. The van der Waals surface area contributed by atoms with Gasteiger partial charge in [0, 0.05) is 16.6 Å². The summed E-state index contributed by atoms with van der Waals surface area (Å²) in [5.41, 5.74) is 1.27. The Morgan fingerprint density at radius 3 is 2.44 bits per heavy atom. The largest absolute Gasteiger partial charge is 0.495 e. The maximum absolute atomic E-state index is 12.6. The lowest BCUT2D eigenvalue weighted by atomic mass is 10.1. The molecular formula is C17H12ClF3N2OS. The van der Waals surface area contributed by atoms with Gasteiger partial charge >= 0.3 is 6.18 Å². The lowest BCUT2D eigenvalue weighted by Gasteiger charge is -2.07. The first-order valence-corrected chi connectivity index (χ1v) is 8.36. The van der Waals surface area contributed by atoms with Gasteiger partial charge in [-0.05, 0) is 30.3 Å². The third kappa shape index (κ3) is 4.05. The Morgan fingerprint density at radius 1 is 1.12 bits per heavy atom. The smallest absolute Gasteiger partial charge is 0.416 e. The van der Waals surface area contributed by atoms with Gasteiger partial charge in [0.15, 0.2) is 5.13 Å². The SMILES string of the molecule is COc1ccc(Nc2nc(-c3ccc(C(F)(F)F)cc3)cs2)cc1Cl. The first-order valence-electron chi connectivity index (χ1n) is 7.10. The number of anilines is 2. The number of halogens is 4. The fourth-order valence-electron chi connectivity index (χ4n) is 2.16. The van der Waals surface area contributed by atoms with Crippen molar-refractivity contribution in [2.45, 2.75) is 6.18 Å². The fraction of sp³-hybridized carbons (Fsp3) is 0.118. The van der Waals surface area contributed by atoms with Gasteiger partial charge in [-0.25, -0.2) is 4.98 Å². The standard InChI is InChI=1S/C17H12ClF3N2OS/c1-24-15-7-6-12(8-13(15)18)22-16-23-14(9-25-16)10-2-4-11(5-3-10)17(19,20)21/h2-9H,1H3,(H,22,23). The lowest BCUT2D eigenvalue weighted by molar-refractivity contribution is -0.137. The van der Waals surface area contributed by atoms with Crippen molar-refractivity contribution in [3.8, 4) is 17.0 Å². The van der Waals surface area contributed by atoms with Crippen LogP contribution in [0.4, 0.5) is 24.0 Å². The molecule has 0 spiro atoms. The van der Waals surface area contributed by atoms with E-state index in [9.17, 15) is 13.2 Å². The van der Waals surface area contributed by atoms with Gasteiger partial charge in [-0.2, -0.15) is 13.2 Å². The Labute approximate surface area is 151 Å². The number of rotatable bonds is 4. The summed E-state index contributed by atoms with van der Waals surface area (Å²) in [6.45, 7) is 0. The average Bonchev–Trinajstić information content (AvgIpc) is 3.03. The number of methoxy groups -OCH3 is 1. The molecule has 0 saturated carbocycles. The zero-order valence-electron chi connectivity index (χ0n) is 12.9. The van der Waals surface area contributed by atoms with Gasteiger partial charge in [0.25, 0.3) is 0 Å². The van der Waals surface area contributed by atoms with E-state index in [1.54, 1.807) is 23.6 Å². The molecular weight excluding hydrogens is 373 g/mol. The summed E-state index contributed by atoms with van der Waals surface area (Å²) in [6.07, 6.45) is -4.35. The molecule has 0 atom stereocenters. The molecule has 130 valence electrons. The number of nitrogens with one attached hydrogen (secondary N) is 1. The van der Waals surface area contributed by atoms with Crippen molar-refractivity contribution in [2.75, 3.05) is 12.4 Å². The minimum atomic E-state index is -4.35. The van der Waals surface area contributed by atoms with Crippen LogP contribution in [0.5, 0.6) is 5.75 Å². The van der Waals surface area contributed by atoms with Crippen molar-refractivity contribution >= 4 is 33.8 Å². The summed E-state index contributed by atoms with van der Waals surface area (Å²) in [5, 5.41) is 5.96. The van der Waals surface area contributed by atoms with Crippen molar-refractivity contribution in [1.29, 1.82) is 0 Å². The van der Waals surface area contributed by atoms with Gasteiger partial charge in [0.1, 0.15) is 5.75 Å². The van der Waals surface area contributed by atoms with E-state index in [1.807, 2.05) is 0 Å². The van der Waals surface area contributed by atoms with E-state index < -0.39 is 11.7 Å². The van der Waals surface area contributed by atoms with Crippen LogP contribution in [0.15, 0.2) is 47.8 Å². The maximum atomic E-state index is 12.6. The van der Waals surface area contributed by atoms with Gasteiger partial charge in [0.2, 0.25) is 0 Å². The van der Waals surface area contributed by atoms with Crippen LogP contribution in [0, 0.1) is 0 Å². The Morgan fingerprint density at radius 2 is 1.84 bits per heavy atom. The molecule has 25 heavy (non-hydrogen) atoms. The predicted octanol–water partition coefficient (Wildman–Crippen LogP) is 6.23. The Bertz CT molecular complexity index is 878. The first-order chi connectivity index (χ1) is 11.9. The van der Waals surface area contributed by atoms with Gasteiger partial charge in [-0.15, -0.1) is 11.3 Å². The van der Waals surface area contributed by atoms with E-state index in [4.69, 9.17) is 16.3 Å². The summed E-state index contributed by atoms with van der Waals surface area (Å²) >= 11 is 7.42. The minimum absolute atomic E-state index is 0.465. The molecule has 3 nitrogen and oxygen atoms in total. The van der Waals surface area contributed by atoms with Crippen molar-refractivity contribution in [1.82, 2.24) is 4.98 Å². The second-order valence-corrected chi connectivity index (χ2v) is 6.35. The minimum Gasteiger partial charge on any atom is -0.495 e. The lowest BCUT2D eigenvalue weighted by Crippen LogP contribution is -2.03. The number of hydrogen-bond donors (Lipinski definition) is 1. The van der Waals surface area contributed by atoms with Crippen LogP contribution < -0.4 is 10.1 Å². The number of hydrogen-bond acceptors (Lipinski definition) is 4.